The van der Waals surface area contributed by atoms with Gasteiger partial charge < -0.3 is 10.5 Å². The van der Waals surface area contributed by atoms with Gasteiger partial charge in [-0.05, 0) is 48.6 Å². The Morgan fingerprint density at radius 2 is 2.21 bits per heavy atom. The van der Waals surface area contributed by atoms with E-state index in [1.54, 1.807) is 6.21 Å². The summed E-state index contributed by atoms with van der Waals surface area (Å²) in [6.45, 7) is 8.78. The van der Waals surface area contributed by atoms with E-state index in [4.69, 9.17) is 10.5 Å². The molecular weight excluding hydrogens is 242 g/mol. The van der Waals surface area contributed by atoms with E-state index in [1.807, 2.05) is 26.0 Å². The number of nitrogens with two attached hydrogens (primary N) is 1. The van der Waals surface area contributed by atoms with E-state index in [9.17, 15) is 4.79 Å². The number of carbonyl (C=O) groups is 1. The molecule has 0 aliphatic carbocycles. The first-order valence-electron chi connectivity index (χ1n) is 6.31. The van der Waals surface area contributed by atoms with Crippen LogP contribution in [0, 0.1) is 6.92 Å². The molecule has 0 saturated carbocycles. The van der Waals surface area contributed by atoms with Crippen LogP contribution in [0.5, 0.6) is 5.75 Å². The van der Waals surface area contributed by atoms with Crippen molar-refractivity contribution in [1.29, 1.82) is 0 Å². The van der Waals surface area contributed by atoms with Crippen LogP contribution in [0.1, 0.15) is 43.4 Å². The zero-order valence-corrected chi connectivity index (χ0v) is 11.9. The number of benzene rings is 1. The molecule has 0 aliphatic heterocycles. The lowest BCUT2D eigenvalue weighted by molar-refractivity contribution is 0.249. The molecule has 5 nitrogen and oxygen atoms in total. The highest BCUT2D eigenvalue weighted by atomic mass is 16.5. The van der Waals surface area contributed by atoms with E-state index < -0.39 is 6.03 Å². The Balaban J connectivity index is 3.09. The van der Waals surface area contributed by atoms with Gasteiger partial charge in [-0.25, -0.2) is 10.2 Å². The second-order valence-electron chi connectivity index (χ2n) is 4.57. The number of nitrogens with one attached hydrogen (secondary N) is 1. The molecule has 1 rings (SSSR count). The predicted octanol–water partition coefficient (Wildman–Crippen LogP) is 2.52. The van der Waals surface area contributed by atoms with Crippen molar-refractivity contribution in [3.05, 3.63) is 28.8 Å². The number of ether oxygens (including phenoxy) is 1. The maximum absolute atomic E-state index is 10.6. The molecule has 0 saturated heterocycles. The van der Waals surface area contributed by atoms with Crippen LogP contribution in [0.25, 0.3) is 0 Å². The van der Waals surface area contributed by atoms with Crippen LogP contribution in [0.3, 0.4) is 0 Å². The second kappa shape index (κ2) is 6.78. The number of urea groups is 1. The number of nitrogens with zero attached hydrogens (tertiary/aromatic N) is 1. The van der Waals surface area contributed by atoms with Crippen molar-refractivity contribution in [1.82, 2.24) is 5.43 Å². The third kappa shape index (κ3) is 4.28. The summed E-state index contributed by atoms with van der Waals surface area (Å²) in [5.41, 5.74) is 10.2. The standard InChI is InChI=1S/C14H21N3O2/c1-5-19-13-6-10(4)11(7-12(13)9(2)3)8-16-17-14(15)18/h6-9H,5H2,1-4H3,(H3,15,17,18). The molecule has 1 aromatic carbocycles. The molecule has 19 heavy (non-hydrogen) atoms. The largest absolute Gasteiger partial charge is 0.494 e. The fourth-order valence-electron chi connectivity index (χ4n) is 1.75. The summed E-state index contributed by atoms with van der Waals surface area (Å²) in [6, 6.07) is 3.34. The van der Waals surface area contributed by atoms with Gasteiger partial charge in [-0.3, -0.25) is 0 Å². The van der Waals surface area contributed by atoms with E-state index in [0.29, 0.717) is 12.5 Å². The molecule has 0 aromatic heterocycles. The third-order valence-electron chi connectivity index (χ3n) is 2.70. The summed E-state index contributed by atoms with van der Waals surface area (Å²) < 4.78 is 5.64. The summed E-state index contributed by atoms with van der Waals surface area (Å²) in [4.78, 5) is 10.6. The first kappa shape index (κ1) is 15.0. The van der Waals surface area contributed by atoms with Crippen LogP contribution < -0.4 is 15.9 Å². The highest BCUT2D eigenvalue weighted by molar-refractivity contribution is 5.84. The van der Waals surface area contributed by atoms with Gasteiger partial charge in [-0.15, -0.1) is 0 Å². The fraction of sp³-hybridized carbons (Fsp3) is 0.429. The van der Waals surface area contributed by atoms with Crippen LogP contribution in [-0.4, -0.2) is 18.9 Å². The lowest BCUT2D eigenvalue weighted by Gasteiger charge is -2.15. The molecule has 0 radical (unpaired) electrons. The highest BCUT2D eigenvalue weighted by Crippen LogP contribution is 2.29. The van der Waals surface area contributed by atoms with E-state index in [1.165, 1.54) is 0 Å². The first-order valence-corrected chi connectivity index (χ1v) is 6.31. The molecule has 0 unspecified atom stereocenters. The van der Waals surface area contributed by atoms with Gasteiger partial charge in [0.25, 0.3) is 0 Å². The number of aryl methyl sites for hydroxylation is 1. The highest BCUT2D eigenvalue weighted by Gasteiger charge is 2.10. The average Bonchev–Trinajstić information content (AvgIpc) is 2.31. The minimum absolute atomic E-state index is 0.346. The summed E-state index contributed by atoms with van der Waals surface area (Å²) in [5, 5.41) is 3.79. The Bertz CT molecular complexity index is 482. The number of hydrogen-bond donors (Lipinski definition) is 2. The third-order valence-corrected chi connectivity index (χ3v) is 2.70. The van der Waals surface area contributed by atoms with E-state index in [-0.39, 0.29) is 0 Å². The Kier molecular flexibility index (Phi) is 5.36. The van der Waals surface area contributed by atoms with Gasteiger partial charge in [0.05, 0.1) is 12.8 Å². The number of amides is 2. The van der Waals surface area contributed by atoms with Crippen LogP contribution >= 0.6 is 0 Å². The number of carbonyl (C=O) groups excluding carboxylic acids is 1. The lowest BCUT2D eigenvalue weighted by Crippen LogP contribution is -2.24. The SMILES string of the molecule is CCOc1cc(C)c(C=NNC(N)=O)cc1C(C)C. The Morgan fingerprint density at radius 1 is 1.53 bits per heavy atom. The number of primary amides is 1. The monoisotopic (exact) mass is 263 g/mol. The van der Waals surface area contributed by atoms with Crippen molar-refractivity contribution in [2.45, 2.75) is 33.6 Å². The lowest BCUT2D eigenvalue weighted by atomic mass is 9.97. The fourth-order valence-corrected chi connectivity index (χ4v) is 1.75. The van der Waals surface area contributed by atoms with Crippen LogP contribution in [0.4, 0.5) is 4.79 Å². The molecular formula is C14H21N3O2. The van der Waals surface area contributed by atoms with Gasteiger partial charge in [0, 0.05) is 0 Å². The molecule has 0 fully saturated rings. The molecule has 0 spiro atoms. The summed E-state index contributed by atoms with van der Waals surface area (Å²) >= 11 is 0. The molecule has 0 bridgehead atoms. The smallest absolute Gasteiger partial charge is 0.332 e. The molecule has 5 heteroatoms. The Morgan fingerprint density at radius 3 is 2.74 bits per heavy atom. The van der Waals surface area contributed by atoms with Crippen molar-refractivity contribution in [2.24, 2.45) is 10.8 Å². The quantitative estimate of drug-likeness (QED) is 0.632. The minimum atomic E-state index is -0.677. The van der Waals surface area contributed by atoms with Crippen molar-refractivity contribution >= 4 is 12.2 Å². The van der Waals surface area contributed by atoms with E-state index in [2.05, 4.69) is 24.4 Å². The summed E-state index contributed by atoms with van der Waals surface area (Å²) in [6.07, 6.45) is 1.59. The maximum Gasteiger partial charge on any atom is 0.332 e. The predicted molar refractivity (Wildman–Crippen MR) is 76.8 cm³/mol. The van der Waals surface area contributed by atoms with Crippen LogP contribution in [0.15, 0.2) is 17.2 Å². The van der Waals surface area contributed by atoms with Gasteiger partial charge >= 0.3 is 6.03 Å². The van der Waals surface area contributed by atoms with Gasteiger partial charge in [-0.1, -0.05) is 13.8 Å². The van der Waals surface area contributed by atoms with Crippen molar-refractivity contribution in [3.63, 3.8) is 0 Å². The Labute approximate surface area is 113 Å². The number of rotatable bonds is 5. The molecule has 0 aliphatic rings. The molecule has 0 atom stereocenters. The summed E-state index contributed by atoms with van der Waals surface area (Å²) in [5.74, 6) is 1.24. The van der Waals surface area contributed by atoms with Gasteiger partial charge in [0.15, 0.2) is 0 Å². The molecule has 1 aromatic rings. The van der Waals surface area contributed by atoms with Gasteiger partial charge in [-0.2, -0.15) is 5.10 Å². The number of hydrogen-bond acceptors (Lipinski definition) is 3. The van der Waals surface area contributed by atoms with Crippen molar-refractivity contribution in [3.8, 4) is 5.75 Å². The maximum atomic E-state index is 10.6. The zero-order valence-electron chi connectivity index (χ0n) is 11.9. The summed E-state index contributed by atoms with van der Waals surface area (Å²) in [7, 11) is 0. The normalized spacial score (nSPS) is 11.0. The van der Waals surface area contributed by atoms with Crippen molar-refractivity contribution in [2.75, 3.05) is 6.61 Å². The molecule has 2 amide bonds. The molecule has 104 valence electrons. The van der Waals surface area contributed by atoms with Crippen LogP contribution in [0.2, 0.25) is 0 Å². The molecule has 3 N–H and O–H groups in total. The minimum Gasteiger partial charge on any atom is -0.494 e. The second-order valence-corrected chi connectivity index (χ2v) is 4.57. The topological polar surface area (TPSA) is 76.7 Å². The number of hydrazone groups is 1. The van der Waals surface area contributed by atoms with Gasteiger partial charge in [0.1, 0.15) is 5.75 Å². The zero-order chi connectivity index (χ0) is 14.4. The first-order chi connectivity index (χ1) is 8.95. The molecule has 0 heterocycles. The average molecular weight is 263 g/mol. The Hall–Kier alpha value is -2.04. The van der Waals surface area contributed by atoms with Gasteiger partial charge in [0.2, 0.25) is 0 Å². The van der Waals surface area contributed by atoms with E-state index >= 15 is 0 Å². The van der Waals surface area contributed by atoms with Crippen molar-refractivity contribution < 1.29 is 9.53 Å². The van der Waals surface area contributed by atoms with E-state index in [0.717, 1.165) is 22.4 Å². The van der Waals surface area contributed by atoms with Crippen LogP contribution in [-0.2, 0) is 0 Å².